The van der Waals surface area contributed by atoms with E-state index in [1.165, 1.54) is 24.2 Å². The SMILES string of the molecule is COc1ccc2c(CSc3nc4ccccc4c(=O)n3C3CCCCC3)cc(=O)oc2c1. The van der Waals surface area contributed by atoms with Crippen LogP contribution in [0.2, 0.25) is 0 Å². The Bertz CT molecular complexity index is 1400. The maximum atomic E-state index is 13.4. The molecule has 0 amide bonds. The lowest BCUT2D eigenvalue weighted by Crippen LogP contribution is -2.29. The van der Waals surface area contributed by atoms with Gasteiger partial charge in [0.15, 0.2) is 5.16 Å². The van der Waals surface area contributed by atoms with Gasteiger partial charge in [-0.2, -0.15) is 0 Å². The van der Waals surface area contributed by atoms with Gasteiger partial charge >= 0.3 is 5.63 Å². The Morgan fingerprint density at radius 2 is 1.88 bits per heavy atom. The summed E-state index contributed by atoms with van der Waals surface area (Å²) in [5.74, 6) is 1.14. The first-order chi connectivity index (χ1) is 15.6. The van der Waals surface area contributed by atoms with Crippen LogP contribution in [0, 0.1) is 0 Å². The zero-order chi connectivity index (χ0) is 22.1. The van der Waals surface area contributed by atoms with E-state index in [4.69, 9.17) is 14.1 Å². The van der Waals surface area contributed by atoms with E-state index in [9.17, 15) is 9.59 Å². The third kappa shape index (κ3) is 3.93. The highest BCUT2D eigenvalue weighted by atomic mass is 32.2. The minimum atomic E-state index is -0.405. The number of nitrogens with zero attached hydrogens (tertiary/aromatic N) is 2. The van der Waals surface area contributed by atoms with Crippen molar-refractivity contribution < 1.29 is 9.15 Å². The number of fused-ring (bicyclic) bond motifs is 2. The Morgan fingerprint density at radius 1 is 1.06 bits per heavy atom. The van der Waals surface area contributed by atoms with Crippen LogP contribution in [0.4, 0.5) is 0 Å². The molecule has 7 heteroatoms. The molecule has 0 N–H and O–H groups in total. The van der Waals surface area contributed by atoms with Gasteiger partial charge in [0.2, 0.25) is 0 Å². The molecule has 2 aromatic heterocycles. The first-order valence-electron chi connectivity index (χ1n) is 10.9. The van der Waals surface area contributed by atoms with Crippen LogP contribution < -0.4 is 15.9 Å². The highest BCUT2D eigenvalue weighted by Crippen LogP contribution is 2.33. The van der Waals surface area contributed by atoms with Gasteiger partial charge in [-0.15, -0.1) is 0 Å². The van der Waals surface area contributed by atoms with Crippen molar-refractivity contribution in [3.8, 4) is 5.75 Å². The zero-order valence-corrected chi connectivity index (χ0v) is 18.7. The lowest BCUT2D eigenvalue weighted by atomic mass is 9.95. The van der Waals surface area contributed by atoms with Crippen LogP contribution in [-0.4, -0.2) is 16.7 Å². The largest absolute Gasteiger partial charge is 0.497 e. The van der Waals surface area contributed by atoms with Crippen molar-refractivity contribution in [3.05, 3.63) is 74.9 Å². The van der Waals surface area contributed by atoms with Crippen molar-refractivity contribution in [3.63, 3.8) is 0 Å². The summed E-state index contributed by atoms with van der Waals surface area (Å²) in [4.78, 5) is 30.5. The fraction of sp³-hybridized carbons (Fsp3) is 0.320. The number of para-hydroxylation sites is 1. The number of rotatable bonds is 5. The Labute approximate surface area is 189 Å². The van der Waals surface area contributed by atoms with E-state index in [2.05, 4.69) is 0 Å². The van der Waals surface area contributed by atoms with Gasteiger partial charge in [-0.1, -0.05) is 43.2 Å². The van der Waals surface area contributed by atoms with Crippen LogP contribution in [0.3, 0.4) is 0 Å². The highest BCUT2D eigenvalue weighted by Gasteiger charge is 2.22. The molecule has 32 heavy (non-hydrogen) atoms. The van der Waals surface area contributed by atoms with E-state index in [0.717, 1.165) is 36.6 Å². The van der Waals surface area contributed by atoms with Gasteiger partial charge in [-0.05, 0) is 42.7 Å². The second kappa shape index (κ2) is 8.82. The molecule has 1 aliphatic rings. The molecule has 1 saturated carbocycles. The van der Waals surface area contributed by atoms with Crippen LogP contribution in [0.1, 0.15) is 43.7 Å². The van der Waals surface area contributed by atoms with E-state index in [1.807, 2.05) is 41.0 Å². The quantitative estimate of drug-likeness (QED) is 0.234. The highest BCUT2D eigenvalue weighted by molar-refractivity contribution is 7.98. The number of hydrogen-bond donors (Lipinski definition) is 0. The summed E-state index contributed by atoms with van der Waals surface area (Å²) in [6.07, 6.45) is 5.45. The van der Waals surface area contributed by atoms with Crippen molar-refractivity contribution in [1.29, 1.82) is 0 Å². The summed E-state index contributed by atoms with van der Waals surface area (Å²) in [5, 5.41) is 2.21. The summed E-state index contributed by atoms with van der Waals surface area (Å²) >= 11 is 1.50. The number of aromatic nitrogens is 2. The molecule has 0 bridgehead atoms. The molecule has 1 fully saturated rings. The summed E-state index contributed by atoms with van der Waals surface area (Å²) in [6, 6.07) is 14.7. The van der Waals surface area contributed by atoms with Crippen molar-refractivity contribution in [1.82, 2.24) is 9.55 Å². The van der Waals surface area contributed by atoms with Crippen molar-refractivity contribution in [2.75, 3.05) is 7.11 Å². The molecule has 1 aliphatic carbocycles. The van der Waals surface area contributed by atoms with Crippen molar-refractivity contribution in [2.24, 2.45) is 0 Å². The van der Waals surface area contributed by atoms with E-state index in [0.29, 0.717) is 33.1 Å². The predicted octanol–water partition coefficient (Wildman–Crippen LogP) is 5.31. The smallest absolute Gasteiger partial charge is 0.336 e. The molecule has 6 nitrogen and oxygen atoms in total. The number of thioether (sulfide) groups is 1. The van der Waals surface area contributed by atoms with Gasteiger partial charge in [-0.25, -0.2) is 9.78 Å². The fourth-order valence-electron chi connectivity index (χ4n) is 4.49. The number of methoxy groups -OCH3 is 1. The van der Waals surface area contributed by atoms with E-state index in [-0.39, 0.29) is 11.6 Å². The Morgan fingerprint density at radius 3 is 2.69 bits per heavy atom. The van der Waals surface area contributed by atoms with Gasteiger partial charge in [0.1, 0.15) is 11.3 Å². The second-order valence-corrected chi connectivity index (χ2v) is 9.06. The minimum Gasteiger partial charge on any atom is -0.497 e. The average molecular weight is 449 g/mol. The van der Waals surface area contributed by atoms with Crippen LogP contribution in [0.25, 0.3) is 21.9 Å². The van der Waals surface area contributed by atoms with Gasteiger partial charge in [-0.3, -0.25) is 9.36 Å². The lowest BCUT2D eigenvalue weighted by molar-refractivity contribution is 0.326. The molecule has 0 atom stereocenters. The van der Waals surface area contributed by atoms with Gasteiger partial charge in [0, 0.05) is 29.3 Å². The third-order valence-corrected chi connectivity index (χ3v) is 7.11. The Kier molecular flexibility index (Phi) is 5.74. The summed E-state index contributed by atoms with van der Waals surface area (Å²) in [6.45, 7) is 0. The third-order valence-electron chi connectivity index (χ3n) is 6.11. The molecular weight excluding hydrogens is 424 g/mol. The molecule has 2 heterocycles. The van der Waals surface area contributed by atoms with Gasteiger partial charge in [0.25, 0.3) is 5.56 Å². The first kappa shape index (κ1) is 20.8. The minimum absolute atomic E-state index is 0.0205. The first-order valence-corrected chi connectivity index (χ1v) is 11.9. The monoisotopic (exact) mass is 448 g/mol. The molecule has 2 aromatic carbocycles. The molecule has 0 aliphatic heterocycles. The standard InChI is InChI=1S/C25H24N2O4S/c1-30-18-11-12-19-16(13-23(28)31-22(19)14-18)15-32-25-26-21-10-6-5-9-20(21)24(29)27(25)17-7-3-2-4-8-17/h5-6,9-14,17H,2-4,7-8,15H2,1H3. The fourth-order valence-corrected chi connectivity index (χ4v) is 5.54. The Balaban J connectivity index is 1.57. The maximum absolute atomic E-state index is 13.4. The zero-order valence-electron chi connectivity index (χ0n) is 17.9. The van der Waals surface area contributed by atoms with Gasteiger partial charge in [0.05, 0.1) is 18.0 Å². The van der Waals surface area contributed by atoms with E-state index in [1.54, 1.807) is 13.2 Å². The number of benzene rings is 2. The average Bonchev–Trinajstić information content (AvgIpc) is 2.82. The topological polar surface area (TPSA) is 74.3 Å². The van der Waals surface area contributed by atoms with Crippen molar-refractivity contribution in [2.45, 2.75) is 49.1 Å². The summed E-state index contributed by atoms with van der Waals surface area (Å²) < 4.78 is 12.5. The molecular formula is C25H24N2O4S. The van der Waals surface area contributed by atoms with Crippen molar-refractivity contribution >= 4 is 33.6 Å². The predicted molar refractivity (Wildman–Crippen MR) is 127 cm³/mol. The molecule has 0 radical (unpaired) electrons. The van der Waals surface area contributed by atoms with E-state index >= 15 is 0 Å². The molecule has 164 valence electrons. The molecule has 0 unspecified atom stereocenters. The normalized spacial score (nSPS) is 14.8. The lowest BCUT2D eigenvalue weighted by Gasteiger charge is -2.26. The van der Waals surface area contributed by atoms with E-state index < -0.39 is 5.63 Å². The molecule has 4 aromatic rings. The molecule has 0 saturated heterocycles. The van der Waals surface area contributed by atoms with Crippen LogP contribution in [0.15, 0.2) is 67.7 Å². The van der Waals surface area contributed by atoms with Gasteiger partial charge < -0.3 is 9.15 Å². The van der Waals surface area contributed by atoms with Crippen LogP contribution in [-0.2, 0) is 5.75 Å². The molecule has 5 rings (SSSR count). The summed E-state index contributed by atoms with van der Waals surface area (Å²) in [5.41, 5.74) is 1.66. The number of hydrogen-bond acceptors (Lipinski definition) is 6. The summed E-state index contributed by atoms with van der Waals surface area (Å²) in [7, 11) is 1.58. The maximum Gasteiger partial charge on any atom is 0.336 e. The molecule has 0 spiro atoms. The van der Waals surface area contributed by atoms with Crippen LogP contribution in [0.5, 0.6) is 5.75 Å². The number of ether oxygens (including phenoxy) is 1. The second-order valence-electron chi connectivity index (χ2n) is 8.12. The van der Waals surface area contributed by atoms with Crippen LogP contribution >= 0.6 is 11.8 Å². The Hall–Kier alpha value is -3.06.